The second-order valence-corrected chi connectivity index (χ2v) is 3.96. The molecule has 0 aliphatic heterocycles. The molecule has 0 bridgehead atoms. The lowest BCUT2D eigenvalue weighted by Crippen LogP contribution is -2.36. The molecule has 17 heavy (non-hydrogen) atoms. The smallest absolute Gasteiger partial charge is 0.331 e. The summed E-state index contributed by atoms with van der Waals surface area (Å²) in [6.07, 6.45) is 0. The van der Waals surface area contributed by atoms with Gasteiger partial charge >= 0.3 is 5.97 Å². The zero-order valence-electron chi connectivity index (χ0n) is 9.61. The summed E-state index contributed by atoms with van der Waals surface area (Å²) in [4.78, 5) is 22.5. The van der Waals surface area contributed by atoms with Crippen molar-refractivity contribution in [3.05, 3.63) is 35.6 Å². The predicted molar refractivity (Wildman–Crippen MR) is 59.8 cm³/mol. The number of aliphatic carboxylic acids is 1. The molecule has 1 aromatic rings. The van der Waals surface area contributed by atoms with Crippen LogP contribution < -0.4 is 5.32 Å². The van der Waals surface area contributed by atoms with E-state index < -0.39 is 23.7 Å². The molecule has 0 aromatic heterocycles. The maximum absolute atomic E-state index is 13.4. The van der Waals surface area contributed by atoms with Crippen molar-refractivity contribution in [2.24, 2.45) is 5.92 Å². The first-order chi connectivity index (χ1) is 7.93. The standard InChI is InChI=1S/C12H14FNO3/c1-7(2)11(15)14-10(12(16)17)8-5-3-4-6-9(8)13/h3-7,10H,1-2H3,(H,14,15)(H,16,17). The lowest BCUT2D eigenvalue weighted by molar-refractivity contribution is -0.142. The Bertz CT molecular complexity index is 432. The summed E-state index contributed by atoms with van der Waals surface area (Å²) in [5.41, 5.74) is -0.0472. The molecular formula is C12H14FNO3. The number of amides is 1. The molecule has 0 spiro atoms. The number of nitrogens with one attached hydrogen (secondary N) is 1. The third-order valence-corrected chi connectivity index (χ3v) is 2.27. The summed E-state index contributed by atoms with van der Waals surface area (Å²) in [7, 11) is 0. The van der Waals surface area contributed by atoms with Crippen LogP contribution in [-0.4, -0.2) is 17.0 Å². The maximum Gasteiger partial charge on any atom is 0.331 e. The first kappa shape index (κ1) is 13.2. The van der Waals surface area contributed by atoms with Gasteiger partial charge in [-0.25, -0.2) is 9.18 Å². The number of hydrogen-bond donors (Lipinski definition) is 2. The molecule has 0 saturated carbocycles. The third kappa shape index (κ3) is 3.27. The monoisotopic (exact) mass is 239 g/mol. The first-order valence-electron chi connectivity index (χ1n) is 5.21. The number of carbonyl (C=O) groups is 2. The van der Waals surface area contributed by atoms with Gasteiger partial charge in [0.1, 0.15) is 5.82 Å². The second kappa shape index (κ2) is 5.43. The van der Waals surface area contributed by atoms with Gasteiger partial charge in [-0.05, 0) is 6.07 Å². The molecule has 4 nitrogen and oxygen atoms in total. The fraction of sp³-hybridized carbons (Fsp3) is 0.333. The van der Waals surface area contributed by atoms with E-state index in [1.165, 1.54) is 18.2 Å². The van der Waals surface area contributed by atoms with E-state index in [2.05, 4.69) is 5.32 Å². The largest absolute Gasteiger partial charge is 0.479 e. The molecule has 5 heteroatoms. The molecule has 1 atom stereocenters. The van der Waals surface area contributed by atoms with Crippen molar-refractivity contribution in [3.8, 4) is 0 Å². The third-order valence-electron chi connectivity index (χ3n) is 2.27. The number of halogens is 1. The quantitative estimate of drug-likeness (QED) is 0.840. The van der Waals surface area contributed by atoms with Crippen molar-refractivity contribution in [1.29, 1.82) is 0 Å². The number of rotatable bonds is 4. The summed E-state index contributed by atoms with van der Waals surface area (Å²) in [6.45, 7) is 3.27. The topological polar surface area (TPSA) is 66.4 Å². The summed E-state index contributed by atoms with van der Waals surface area (Å²) in [5, 5.41) is 11.3. The van der Waals surface area contributed by atoms with Gasteiger partial charge in [-0.2, -0.15) is 0 Å². The Labute approximate surface area is 98.5 Å². The van der Waals surface area contributed by atoms with Crippen molar-refractivity contribution in [2.75, 3.05) is 0 Å². The molecule has 1 unspecified atom stereocenters. The highest BCUT2D eigenvalue weighted by atomic mass is 19.1. The molecule has 0 fully saturated rings. The second-order valence-electron chi connectivity index (χ2n) is 3.96. The van der Waals surface area contributed by atoms with Crippen LogP contribution >= 0.6 is 0 Å². The van der Waals surface area contributed by atoms with Crippen LogP contribution in [0.15, 0.2) is 24.3 Å². The zero-order valence-corrected chi connectivity index (χ0v) is 9.61. The van der Waals surface area contributed by atoms with E-state index in [0.29, 0.717) is 0 Å². The highest BCUT2D eigenvalue weighted by Crippen LogP contribution is 2.17. The van der Waals surface area contributed by atoms with Gasteiger partial charge in [-0.3, -0.25) is 4.79 Å². The highest BCUT2D eigenvalue weighted by Gasteiger charge is 2.25. The SMILES string of the molecule is CC(C)C(=O)NC(C(=O)O)c1ccccc1F. The number of hydrogen-bond acceptors (Lipinski definition) is 2. The van der Waals surface area contributed by atoms with E-state index in [0.717, 1.165) is 6.07 Å². The molecule has 92 valence electrons. The molecule has 0 saturated heterocycles. The molecule has 1 rings (SSSR count). The molecular weight excluding hydrogens is 225 g/mol. The Hall–Kier alpha value is -1.91. The van der Waals surface area contributed by atoms with Crippen molar-refractivity contribution >= 4 is 11.9 Å². The molecule has 1 aromatic carbocycles. The average molecular weight is 239 g/mol. The number of carbonyl (C=O) groups excluding carboxylic acids is 1. The van der Waals surface area contributed by atoms with E-state index in [1.54, 1.807) is 13.8 Å². The van der Waals surface area contributed by atoms with Crippen LogP contribution in [0.25, 0.3) is 0 Å². The van der Waals surface area contributed by atoms with Crippen LogP contribution in [0.3, 0.4) is 0 Å². The zero-order chi connectivity index (χ0) is 13.0. The van der Waals surface area contributed by atoms with Gasteiger partial charge in [-0.1, -0.05) is 32.0 Å². The molecule has 0 aliphatic rings. The summed E-state index contributed by atoms with van der Waals surface area (Å²) >= 11 is 0. The molecule has 2 N–H and O–H groups in total. The van der Waals surface area contributed by atoms with Gasteiger partial charge in [0, 0.05) is 11.5 Å². The predicted octanol–water partition coefficient (Wildman–Crippen LogP) is 1.72. The van der Waals surface area contributed by atoms with Crippen molar-refractivity contribution in [3.63, 3.8) is 0 Å². The van der Waals surface area contributed by atoms with E-state index in [-0.39, 0.29) is 11.5 Å². The fourth-order valence-electron chi connectivity index (χ4n) is 1.29. The van der Waals surface area contributed by atoms with Gasteiger partial charge < -0.3 is 10.4 Å². The van der Waals surface area contributed by atoms with E-state index in [4.69, 9.17) is 5.11 Å². The van der Waals surface area contributed by atoms with Crippen molar-refractivity contribution in [2.45, 2.75) is 19.9 Å². The van der Waals surface area contributed by atoms with E-state index in [1.807, 2.05) is 0 Å². The Morgan fingerprint density at radius 2 is 1.88 bits per heavy atom. The van der Waals surface area contributed by atoms with Crippen LogP contribution in [0.4, 0.5) is 4.39 Å². The molecule has 0 radical (unpaired) electrons. The van der Waals surface area contributed by atoms with Crippen LogP contribution in [0, 0.1) is 11.7 Å². The normalized spacial score (nSPS) is 12.2. The summed E-state index contributed by atoms with van der Waals surface area (Å²) in [6, 6.07) is 4.13. The molecule has 0 aliphatic carbocycles. The van der Waals surface area contributed by atoms with Crippen molar-refractivity contribution in [1.82, 2.24) is 5.32 Å². The van der Waals surface area contributed by atoms with Gasteiger partial charge in [0.2, 0.25) is 5.91 Å². The minimum Gasteiger partial charge on any atom is -0.479 e. The average Bonchev–Trinajstić information content (AvgIpc) is 2.26. The molecule has 1 amide bonds. The van der Waals surface area contributed by atoms with Gasteiger partial charge in [0.25, 0.3) is 0 Å². The van der Waals surface area contributed by atoms with Crippen LogP contribution in [0.1, 0.15) is 25.5 Å². The van der Waals surface area contributed by atoms with Crippen LogP contribution in [0.5, 0.6) is 0 Å². The van der Waals surface area contributed by atoms with Gasteiger partial charge in [-0.15, -0.1) is 0 Å². The Morgan fingerprint density at radius 1 is 1.29 bits per heavy atom. The lowest BCUT2D eigenvalue weighted by atomic mass is 10.1. The highest BCUT2D eigenvalue weighted by molar-refractivity contribution is 5.85. The summed E-state index contributed by atoms with van der Waals surface area (Å²) < 4.78 is 13.4. The number of carboxylic acids is 1. The Kier molecular flexibility index (Phi) is 4.20. The minimum atomic E-state index is -1.36. The maximum atomic E-state index is 13.4. The molecule has 0 heterocycles. The van der Waals surface area contributed by atoms with Gasteiger partial charge in [0.15, 0.2) is 6.04 Å². The Morgan fingerprint density at radius 3 is 2.35 bits per heavy atom. The number of carboxylic acid groups (broad SMARTS) is 1. The minimum absolute atomic E-state index is 0.0472. The Balaban J connectivity index is 2.99. The number of benzene rings is 1. The fourth-order valence-corrected chi connectivity index (χ4v) is 1.29. The van der Waals surface area contributed by atoms with Crippen molar-refractivity contribution < 1.29 is 19.1 Å². The van der Waals surface area contributed by atoms with Crippen LogP contribution in [0.2, 0.25) is 0 Å². The van der Waals surface area contributed by atoms with Gasteiger partial charge in [0.05, 0.1) is 0 Å². The van der Waals surface area contributed by atoms with E-state index >= 15 is 0 Å². The summed E-state index contributed by atoms with van der Waals surface area (Å²) in [5.74, 6) is -2.72. The van der Waals surface area contributed by atoms with Crippen LogP contribution in [-0.2, 0) is 9.59 Å². The van der Waals surface area contributed by atoms with E-state index in [9.17, 15) is 14.0 Å². The lowest BCUT2D eigenvalue weighted by Gasteiger charge is -2.16. The first-order valence-corrected chi connectivity index (χ1v) is 5.21.